The standard InChI is InChI=1S/C13H24O3/c1-4-16-8-11-7-10(9(2)3)5-6-12(11)13(14)15/h9-12H,4-8H2,1-3H3,(H,14,15). The lowest BCUT2D eigenvalue weighted by Gasteiger charge is -2.35. The highest BCUT2D eigenvalue weighted by Crippen LogP contribution is 2.37. The summed E-state index contributed by atoms with van der Waals surface area (Å²) >= 11 is 0. The predicted molar refractivity (Wildman–Crippen MR) is 63.3 cm³/mol. The lowest BCUT2D eigenvalue weighted by Crippen LogP contribution is -2.34. The second-order valence-corrected chi connectivity index (χ2v) is 5.18. The molecule has 0 aromatic carbocycles. The second-order valence-electron chi connectivity index (χ2n) is 5.18. The molecule has 16 heavy (non-hydrogen) atoms. The fourth-order valence-electron chi connectivity index (χ4n) is 2.68. The molecule has 0 aromatic rings. The van der Waals surface area contributed by atoms with Crippen LogP contribution in [-0.4, -0.2) is 24.3 Å². The van der Waals surface area contributed by atoms with Gasteiger partial charge in [-0.1, -0.05) is 13.8 Å². The first-order chi connectivity index (χ1) is 7.56. The first-order valence-electron chi connectivity index (χ1n) is 6.36. The highest BCUT2D eigenvalue weighted by molar-refractivity contribution is 5.70. The van der Waals surface area contributed by atoms with Crippen molar-refractivity contribution in [3.05, 3.63) is 0 Å². The number of hydrogen-bond donors (Lipinski definition) is 1. The Kier molecular flexibility index (Phi) is 5.26. The van der Waals surface area contributed by atoms with E-state index in [0.29, 0.717) is 25.0 Å². The Hall–Kier alpha value is -0.570. The van der Waals surface area contributed by atoms with Gasteiger partial charge in [-0.25, -0.2) is 0 Å². The van der Waals surface area contributed by atoms with Crippen LogP contribution in [0.25, 0.3) is 0 Å². The Morgan fingerprint density at radius 2 is 2.12 bits per heavy atom. The largest absolute Gasteiger partial charge is 0.481 e. The molecule has 0 aromatic heterocycles. The zero-order chi connectivity index (χ0) is 12.1. The van der Waals surface area contributed by atoms with Crippen molar-refractivity contribution in [2.75, 3.05) is 13.2 Å². The predicted octanol–water partition coefficient (Wildman–Crippen LogP) is 2.80. The maximum Gasteiger partial charge on any atom is 0.306 e. The lowest BCUT2D eigenvalue weighted by molar-refractivity contribution is -0.147. The molecule has 3 nitrogen and oxygen atoms in total. The molecule has 0 bridgehead atoms. The van der Waals surface area contributed by atoms with Gasteiger partial charge in [0.1, 0.15) is 0 Å². The third kappa shape index (κ3) is 3.48. The Bertz CT molecular complexity index is 225. The topological polar surface area (TPSA) is 46.5 Å². The normalized spacial score (nSPS) is 30.6. The van der Waals surface area contributed by atoms with Gasteiger partial charge in [-0.15, -0.1) is 0 Å². The van der Waals surface area contributed by atoms with E-state index in [2.05, 4.69) is 13.8 Å². The summed E-state index contributed by atoms with van der Waals surface area (Å²) in [6, 6.07) is 0. The van der Waals surface area contributed by atoms with E-state index in [4.69, 9.17) is 4.74 Å². The van der Waals surface area contributed by atoms with Crippen molar-refractivity contribution in [3.63, 3.8) is 0 Å². The van der Waals surface area contributed by atoms with Crippen LogP contribution in [0.1, 0.15) is 40.0 Å². The Morgan fingerprint density at radius 3 is 2.62 bits per heavy atom. The van der Waals surface area contributed by atoms with E-state index in [1.54, 1.807) is 0 Å². The molecule has 0 radical (unpaired) electrons. The zero-order valence-corrected chi connectivity index (χ0v) is 10.6. The van der Waals surface area contributed by atoms with Crippen LogP contribution in [0.3, 0.4) is 0 Å². The van der Waals surface area contributed by atoms with Crippen molar-refractivity contribution in [1.29, 1.82) is 0 Å². The third-order valence-electron chi connectivity index (χ3n) is 3.82. The summed E-state index contributed by atoms with van der Waals surface area (Å²) < 4.78 is 5.42. The summed E-state index contributed by atoms with van der Waals surface area (Å²) in [5.74, 6) is 0.687. The van der Waals surface area contributed by atoms with Gasteiger partial charge in [-0.05, 0) is 43.9 Å². The Balaban J connectivity index is 2.58. The zero-order valence-electron chi connectivity index (χ0n) is 10.6. The van der Waals surface area contributed by atoms with Crippen LogP contribution in [0.4, 0.5) is 0 Å². The minimum atomic E-state index is -0.646. The van der Waals surface area contributed by atoms with Crippen molar-refractivity contribution < 1.29 is 14.6 Å². The van der Waals surface area contributed by atoms with Gasteiger partial charge in [0.2, 0.25) is 0 Å². The van der Waals surface area contributed by atoms with Crippen LogP contribution in [0.15, 0.2) is 0 Å². The number of ether oxygens (including phenoxy) is 1. The van der Waals surface area contributed by atoms with E-state index in [9.17, 15) is 9.90 Å². The van der Waals surface area contributed by atoms with E-state index in [-0.39, 0.29) is 11.8 Å². The molecular weight excluding hydrogens is 204 g/mol. The molecule has 1 rings (SSSR count). The van der Waals surface area contributed by atoms with E-state index in [0.717, 1.165) is 19.3 Å². The van der Waals surface area contributed by atoms with E-state index >= 15 is 0 Å². The van der Waals surface area contributed by atoms with Crippen molar-refractivity contribution in [2.45, 2.75) is 40.0 Å². The van der Waals surface area contributed by atoms with Gasteiger partial charge < -0.3 is 9.84 Å². The van der Waals surface area contributed by atoms with Gasteiger partial charge in [0.25, 0.3) is 0 Å². The molecule has 0 amide bonds. The van der Waals surface area contributed by atoms with Crippen LogP contribution in [-0.2, 0) is 9.53 Å². The molecule has 1 aliphatic carbocycles. The van der Waals surface area contributed by atoms with Crippen molar-refractivity contribution in [1.82, 2.24) is 0 Å². The fourth-order valence-corrected chi connectivity index (χ4v) is 2.68. The van der Waals surface area contributed by atoms with Crippen molar-refractivity contribution in [2.24, 2.45) is 23.7 Å². The molecule has 0 heterocycles. The molecular formula is C13H24O3. The number of rotatable bonds is 5. The van der Waals surface area contributed by atoms with Crippen LogP contribution in [0.2, 0.25) is 0 Å². The van der Waals surface area contributed by atoms with Crippen LogP contribution in [0.5, 0.6) is 0 Å². The maximum absolute atomic E-state index is 11.1. The summed E-state index contributed by atoms with van der Waals surface area (Å²) in [7, 11) is 0. The minimum Gasteiger partial charge on any atom is -0.481 e. The molecule has 0 saturated heterocycles. The van der Waals surface area contributed by atoms with E-state index in [1.807, 2.05) is 6.92 Å². The van der Waals surface area contributed by atoms with Crippen LogP contribution < -0.4 is 0 Å². The maximum atomic E-state index is 11.1. The van der Waals surface area contributed by atoms with Gasteiger partial charge >= 0.3 is 5.97 Å². The Labute approximate surface area is 98.2 Å². The number of carbonyl (C=O) groups is 1. The number of carboxylic acids is 1. The molecule has 3 unspecified atom stereocenters. The SMILES string of the molecule is CCOCC1CC(C(C)C)CCC1C(=O)O. The molecule has 3 heteroatoms. The van der Waals surface area contributed by atoms with Gasteiger partial charge in [-0.3, -0.25) is 4.79 Å². The summed E-state index contributed by atoms with van der Waals surface area (Å²) in [4.78, 5) is 11.1. The fraction of sp³-hybridized carbons (Fsp3) is 0.923. The van der Waals surface area contributed by atoms with Gasteiger partial charge in [-0.2, -0.15) is 0 Å². The third-order valence-corrected chi connectivity index (χ3v) is 3.82. The molecule has 0 spiro atoms. The highest BCUT2D eigenvalue weighted by atomic mass is 16.5. The summed E-state index contributed by atoms with van der Waals surface area (Å²) in [5, 5.41) is 9.18. The van der Waals surface area contributed by atoms with Crippen molar-refractivity contribution in [3.8, 4) is 0 Å². The number of aliphatic carboxylic acids is 1. The summed E-state index contributed by atoms with van der Waals surface area (Å²) in [5.41, 5.74) is 0. The van der Waals surface area contributed by atoms with Gasteiger partial charge in [0.05, 0.1) is 12.5 Å². The highest BCUT2D eigenvalue weighted by Gasteiger charge is 2.35. The molecule has 1 aliphatic rings. The first kappa shape index (κ1) is 13.5. The van der Waals surface area contributed by atoms with E-state index < -0.39 is 5.97 Å². The van der Waals surface area contributed by atoms with Crippen molar-refractivity contribution >= 4 is 5.97 Å². The van der Waals surface area contributed by atoms with Crippen LogP contribution >= 0.6 is 0 Å². The van der Waals surface area contributed by atoms with Gasteiger partial charge in [0, 0.05) is 6.61 Å². The second kappa shape index (κ2) is 6.24. The molecule has 94 valence electrons. The lowest BCUT2D eigenvalue weighted by atomic mass is 9.71. The number of carboxylic acid groups (broad SMARTS) is 1. The van der Waals surface area contributed by atoms with E-state index in [1.165, 1.54) is 0 Å². The smallest absolute Gasteiger partial charge is 0.306 e. The molecule has 1 saturated carbocycles. The number of hydrogen-bond acceptors (Lipinski definition) is 2. The summed E-state index contributed by atoms with van der Waals surface area (Å²) in [6.07, 6.45) is 2.88. The molecule has 1 N–H and O–H groups in total. The quantitative estimate of drug-likeness (QED) is 0.787. The first-order valence-corrected chi connectivity index (χ1v) is 6.36. The molecule has 3 atom stereocenters. The molecule has 1 fully saturated rings. The minimum absolute atomic E-state index is 0.193. The molecule has 0 aliphatic heterocycles. The van der Waals surface area contributed by atoms with Gasteiger partial charge in [0.15, 0.2) is 0 Å². The van der Waals surface area contributed by atoms with Crippen LogP contribution in [0, 0.1) is 23.7 Å². The average molecular weight is 228 g/mol. The Morgan fingerprint density at radius 1 is 1.44 bits per heavy atom. The summed E-state index contributed by atoms with van der Waals surface area (Å²) in [6.45, 7) is 7.69. The average Bonchev–Trinajstić information content (AvgIpc) is 2.25. The monoisotopic (exact) mass is 228 g/mol.